The van der Waals surface area contributed by atoms with Crippen molar-refractivity contribution in [1.29, 1.82) is 0 Å². The number of rotatable bonds is 1. The van der Waals surface area contributed by atoms with Crippen molar-refractivity contribution in [2.75, 3.05) is 11.9 Å². The molecular formula is C17H16Cl2N2O. The molecule has 3 nitrogen and oxygen atoms in total. The summed E-state index contributed by atoms with van der Waals surface area (Å²) in [7, 11) is 0. The summed E-state index contributed by atoms with van der Waals surface area (Å²) < 4.78 is 0. The van der Waals surface area contributed by atoms with Gasteiger partial charge in [0.2, 0.25) is 0 Å². The minimum atomic E-state index is -0.125. The Morgan fingerprint density at radius 2 is 1.95 bits per heavy atom. The Kier molecular flexibility index (Phi) is 4.27. The molecule has 0 aromatic heterocycles. The number of halogens is 2. The van der Waals surface area contributed by atoms with Crippen molar-refractivity contribution in [3.05, 3.63) is 63.6 Å². The summed E-state index contributed by atoms with van der Waals surface area (Å²) in [5, 5.41) is 3.78. The second kappa shape index (κ2) is 6.19. The Bertz CT molecular complexity index is 718. The third-order valence-electron chi connectivity index (χ3n) is 4.03. The van der Waals surface area contributed by atoms with Crippen molar-refractivity contribution < 1.29 is 4.79 Å². The molecule has 5 heteroatoms. The van der Waals surface area contributed by atoms with Gasteiger partial charge >= 0.3 is 6.03 Å². The average Bonchev–Trinajstić information content (AvgIpc) is 2.51. The highest BCUT2D eigenvalue weighted by Crippen LogP contribution is 2.30. The minimum absolute atomic E-state index is 0.0488. The highest BCUT2D eigenvalue weighted by atomic mass is 35.5. The van der Waals surface area contributed by atoms with Crippen LogP contribution >= 0.6 is 23.2 Å². The highest BCUT2D eigenvalue weighted by molar-refractivity contribution is 6.42. The van der Waals surface area contributed by atoms with Gasteiger partial charge in [-0.25, -0.2) is 4.79 Å². The van der Waals surface area contributed by atoms with E-state index in [1.165, 1.54) is 11.1 Å². The topological polar surface area (TPSA) is 32.3 Å². The molecule has 0 radical (unpaired) electrons. The summed E-state index contributed by atoms with van der Waals surface area (Å²) in [4.78, 5) is 14.4. The number of fused-ring (bicyclic) bond motifs is 1. The molecule has 1 aliphatic rings. The molecule has 2 aromatic rings. The fraction of sp³-hybridized carbons (Fsp3) is 0.235. The van der Waals surface area contributed by atoms with Gasteiger partial charge in [0.15, 0.2) is 0 Å². The number of benzene rings is 2. The third kappa shape index (κ3) is 2.92. The second-order valence-corrected chi connectivity index (χ2v) is 6.19. The van der Waals surface area contributed by atoms with Gasteiger partial charge in [0.1, 0.15) is 0 Å². The lowest BCUT2D eigenvalue weighted by molar-refractivity contribution is 0.188. The van der Waals surface area contributed by atoms with Crippen LogP contribution in [0, 0.1) is 0 Å². The molecule has 1 aliphatic heterocycles. The Morgan fingerprint density at radius 3 is 2.73 bits per heavy atom. The Balaban J connectivity index is 1.77. The molecular weight excluding hydrogens is 319 g/mol. The summed E-state index contributed by atoms with van der Waals surface area (Å²) in [5.41, 5.74) is 3.16. The van der Waals surface area contributed by atoms with E-state index in [9.17, 15) is 4.79 Å². The van der Waals surface area contributed by atoms with Crippen LogP contribution in [0.15, 0.2) is 42.5 Å². The van der Waals surface area contributed by atoms with Crippen LogP contribution in [0.5, 0.6) is 0 Å². The standard InChI is InChI=1S/C17H16Cl2N2O/c1-11-14-5-3-2-4-12(14)8-9-21(11)17(22)20-13-6-7-15(18)16(19)10-13/h2-7,10-11H,8-9H2,1H3,(H,20,22). The molecule has 0 saturated heterocycles. The maximum atomic E-state index is 12.5. The molecule has 1 atom stereocenters. The molecule has 0 fully saturated rings. The molecule has 114 valence electrons. The van der Waals surface area contributed by atoms with Gasteiger partial charge in [-0.3, -0.25) is 0 Å². The van der Waals surface area contributed by atoms with Crippen molar-refractivity contribution in [2.24, 2.45) is 0 Å². The normalized spacial score (nSPS) is 17.0. The van der Waals surface area contributed by atoms with Crippen LogP contribution in [0.3, 0.4) is 0 Å². The molecule has 1 unspecified atom stereocenters. The van der Waals surface area contributed by atoms with E-state index >= 15 is 0 Å². The molecule has 1 heterocycles. The van der Waals surface area contributed by atoms with E-state index in [0.717, 1.165) is 6.42 Å². The summed E-state index contributed by atoms with van der Waals surface area (Å²) in [6.45, 7) is 2.75. The number of hydrogen-bond donors (Lipinski definition) is 1. The number of urea groups is 1. The first kappa shape index (κ1) is 15.2. The molecule has 0 spiro atoms. The van der Waals surface area contributed by atoms with E-state index in [0.29, 0.717) is 22.3 Å². The van der Waals surface area contributed by atoms with Gasteiger partial charge in [0.25, 0.3) is 0 Å². The molecule has 0 saturated carbocycles. The first-order chi connectivity index (χ1) is 10.6. The smallest absolute Gasteiger partial charge is 0.317 e. The van der Waals surface area contributed by atoms with Crippen LogP contribution in [0.25, 0.3) is 0 Å². The van der Waals surface area contributed by atoms with E-state index in [2.05, 4.69) is 17.4 Å². The lowest BCUT2D eigenvalue weighted by Crippen LogP contribution is -2.41. The zero-order valence-electron chi connectivity index (χ0n) is 12.1. The fourth-order valence-electron chi connectivity index (χ4n) is 2.82. The molecule has 3 rings (SSSR count). The lowest BCUT2D eigenvalue weighted by Gasteiger charge is -2.35. The van der Waals surface area contributed by atoms with Crippen molar-refractivity contribution in [1.82, 2.24) is 4.90 Å². The minimum Gasteiger partial charge on any atom is -0.317 e. The molecule has 0 bridgehead atoms. The maximum Gasteiger partial charge on any atom is 0.322 e. The van der Waals surface area contributed by atoms with Gasteiger partial charge in [0.05, 0.1) is 16.1 Å². The van der Waals surface area contributed by atoms with Crippen molar-refractivity contribution in [2.45, 2.75) is 19.4 Å². The summed E-state index contributed by atoms with van der Waals surface area (Å²) >= 11 is 11.9. The van der Waals surface area contributed by atoms with E-state index in [-0.39, 0.29) is 12.1 Å². The predicted octanol–water partition coefficient (Wildman–Crippen LogP) is 5.14. The number of nitrogens with zero attached hydrogens (tertiary/aromatic N) is 1. The predicted molar refractivity (Wildman–Crippen MR) is 90.7 cm³/mol. The molecule has 2 aromatic carbocycles. The molecule has 1 N–H and O–H groups in total. The Hall–Kier alpha value is -1.71. The van der Waals surface area contributed by atoms with Gasteiger partial charge in [-0.1, -0.05) is 47.5 Å². The van der Waals surface area contributed by atoms with Gasteiger partial charge in [-0.15, -0.1) is 0 Å². The Labute approximate surface area is 139 Å². The van der Waals surface area contributed by atoms with Crippen LogP contribution < -0.4 is 5.32 Å². The summed E-state index contributed by atoms with van der Waals surface area (Å²) in [6.07, 6.45) is 0.870. The van der Waals surface area contributed by atoms with Gasteiger partial charge < -0.3 is 10.2 Å². The van der Waals surface area contributed by atoms with E-state index < -0.39 is 0 Å². The van der Waals surface area contributed by atoms with Crippen LogP contribution in [-0.2, 0) is 6.42 Å². The van der Waals surface area contributed by atoms with Gasteiger partial charge in [0, 0.05) is 12.2 Å². The zero-order valence-corrected chi connectivity index (χ0v) is 13.7. The number of anilines is 1. The lowest BCUT2D eigenvalue weighted by atomic mass is 9.94. The molecule has 0 aliphatic carbocycles. The second-order valence-electron chi connectivity index (χ2n) is 5.38. The molecule has 22 heavy (non-hydrogen) atoms. The number of amides is 2. The summed E-state index contributed by atoms with van der Waals surface area (Å²) in [5.74, 6) is 0. The summed E-state index contributed by atoms with van der Waals surface area (Å²) in [6, 6.07) is 13.3. The number of hydrogen-bond acceptors (Lipinski definition) is 1. The van der Waals surface area contributed by atoms with Gasteiger partial charge in [-0.2, -0.15) is 0 Å². The maximum absolute atomic E-state index is 12.5. The average molecular weight is 335 g/mol. The van der Waals surface area contributed by atoms with E-state index in [1.807, 2.05) is 24.0 Å². The number of carbonyl (C=O) groups is 1. The first-order valence-corrected chi connectivity index (χ1v) is 7.92. The van der Waals surface area contributed by atoms with Crippen molar-refractivity contribution >= 4 is 34.9 Å². The van der Waals surface area contributed by atoms with Crippen LogP contribution in [0.1, 0.15) is 24.1 Å². The monoisotopic (exact) mass is 334 g/mol. The largest absolute Gasteiger partial charge is 0.322 e. The fourth-order valence-corrected chi connectivity index (χ4v) is 3.12. The molecule has 2 amide bonds. The van der Waals surface area contributed by atoms with Crippen LogP contribution in [0.4, 0.5) is 10.5 Å². The SMILES string of the molecule is CC1c2ccccc2CCN1C(=O)Nc1ccc(Cl)c(Cl)c1. The van der Waals surface area contributed by atoms with Gasteiger partial charge in [-0.05, 0) is 42.7 Å². The number of carbonyl (C=O) groups excluding carboxylic acids is 1. The van der Waals surface area contributed by atoms with Crippen molar-refractivity contribution in [3.8, 4) is 0 Å². The van der Waals surface area contributed by atoms with E-state index in [4.69, 9.17) is 23.2 Å². The Morgan fingerprint density at radius 1 is 1.18 bits per heavy atom. The van der Waals surface area contributed by atoms with E-state index in [1.54, 1.807) is 18.2 Å². The first-order valence-electron chi connectivity index (χ1n) is 7.17. The third-order valence-corrected chi connectivity index (χ3v) is 4.77. The zero-order chi connectivity index (χ0) is 15.7. The van der Waals surface area contributed by atoms with Crippen LogP contribution in [-0.4, -0.2) is 17.5 Å². The quantitative estimate of drug-likeness (QED) is 0.768. The highest BCUT2D eigenvalue weighted by Gasteiger charge is 2.27. The number of nitrogens with one attached hydrogen (secondary N) is 1. The van der Waals surface area contributed by atoms with Crippen molar-refractivity contribution in [3.63, 3.8) is 0 Å². The van der Waals surface area contributed by atoms with Crippen LogP contribution in [0.2, 0.25) is 10.0 Å².